The number of hydrogen-bond donors (Lipinski definition) is 1. The third kappa shape index (κ3) is 3.04. The number of likely N-dealkylation sites (tertiary alicyclic amines) is 1. The molecule has 5 heteroatoms. The number of carbonyl (C=O) groups excluding carboxylic acids is 1. The summed E-state index contributed by atoms with van der Waals surface area (Å²) in [5.41, 5.74) is 2.83. The fourth-order valence-corrected chi connectivity index (χ4v) is 2.83. The molecule has 17 heavy (non-hydrogen) atoms. The summed E-state index contributed by atoms with van der Waals surface area (Å²) in [7, 11) is 0. The number of rotatable bonds is 4. The second-order valence-corrected chi connectivity index (χ2v) is 5.27. The van der Waals surface area contributed by atoms with Crippen LogP contribution in [0.3, 0.4) is 0 Å². The van der Waals surface area contributed by atoms with Gasteiger partial charge in [0.2, 0.25) is 5.91 Å². The average molecular weight is 253 g/mol. The van der Waals surface area contributed by atoms with E-state index in [-0.39, 0.29) is 18.0 Å². The van der Waals surface area contributed by atoms with E-state index in [1.165, 1.54) is 0 Å². The number of carbonyl (C=O) groups is 1. The van der Waals surface area contributed by atoms with Crippen LogP contribution in [0.4, 0.5) is 0 Å². The van der Waals surface area contributed by atoms with Gasteiger partial charge >= 0.3 is 0 Å². The van der Waals surface area contributed by atoms with Gasteiger partial charge in [0.1, 0.15) is 0 Å². The lowest BCUT2D eigenvalue weighted by atomic mass is 10.2. The third-order valence-corrected chi connectivity index (χ3v) is 3.79. The van der Waals surface area contributed by atoms with Gasteiger partial charge in [0.15, 0.2) is 0 Å². The minimum Gasteiger partial charge on any atom is -0.341 e. The topological polar surface area (TPSA) is 45.2 Å². The molecule has 1 saturated heterocycles. The number of aromatic nitrogens is 1. The van der Waals surface area contributed by atoms with E-state index in [0.29, 0.717) is 0 Å². The first-order chi connectivity index (χ1) is 8.18. The van der Waals surface area contributed by atoms with Crippen LogP contribution < -0.4 is 5.32 Å². The largest absolute Gasteiger partial charge is 0.341 e. The standard InChI is InChI=1S/C12H19N3OS/c1-9(11-7-17-8-13-11)14-10(2)12(16)15-5-3-4-6-15/h7-10,14H,3-6H2,1-2H3. The third-order valence-electron chi connectivity index (χ3n) is 3.18. The molecule has 1 aromatic heterocycles. The Morgan fingerprint density at radius 3 is 2.76 bits per heavy atom. The Balaban J connectivity index is 1.87. The van der Waals surface area contributed by atoms with Crippen LogP contribution in [0, 0.1) is 0 Å². The molecule has 4 nitrogen and oxygen atoms in total. The van der Waals surface area contributed by atoms with Crippen LogP contribution in [0.25, 0.3) is 0 Å². The van der Waals surface area contributed by atoms with Gasteiger partial charge in [-0.1, -0.05) is 0 Å². The van der Waals surface area contributed by atoms with E-state index in [1.54, 1.807) is 11.3 Å². The van der Waals surface area contributed by atoms with Crippen molar-refractivity contribution in [1.82, 2.24) is 15.2 Å². The number of thiazole rings is 1. The van der Waals surface area contributed by atoms with Gasteiger partial charge in [0.25, 0.3) is 0 Å². The van der Waals surface area contributed by atoms with Gasteiger partial charge in [-0.05, 0) is 26.7 Å². The smallest absolute Gasteiger partial charge is 0.239 e. The normalized spacial score (nSPS) is 19.3. The van der Waals surface area contributed by atoms with Gasteiger partial charge < -0.3 is 4.90 Å². The summed E-state index contributed by atoms with van der Waals surface area (Å²) in [5, 5.41) is 5.33. The van der Waals surface area contributed by atoms with Gasteiger partial charge in [-0.15, -0.1) is 11.3 Å². The first-order valence-electron chi connectivity index (χ1n) is 6.11. The van der Waals surface area contributed by atoms with E-state index >= 15 is 0 Å². The van der Waals surface area contributed by atoms with Crippen LogP contribution in [0.15, 0.2) is 10.9 Å². The molecule has 0 aliphatic carbocycles. The zero-order valence-electron chi connectivity index (χ0n) is 10.3. The van der Waals surface area contributed by atoms with Crippen molar-refractivity contribution in [3.05, 3.63) is 16.6 Å². The van der Waals surface area contributed by atoms with E-state index in [4.69, 9.17) is 0 Å². The van der Waals surface area contributed by atoms with E-state index in [9.17, 15) is 4.79 Å². The fraction of sp³-hybridized carbons (Fsp3) is 0.667. The molecule has 0 spiro atoms. The highest BCUT2D eigenvalue weighted by Gasteiger charge is 2.24. The number of nitrogens with one attached hydrogen (secondary N) is 1. The van der Waals surface area contributed by atoms with Crippen LogP contribution in [0.2, 0.25) is 0 Å². The Bertz CT molecular complexity index is 360. The molecule has 2 heterocycles. The minimum absolute atomic E-state index is 0.128. The van der Waals surface area contributed by atoms with Gasteiger partial charge in [0.05, 0.1) is 17.2 Å². The molecule has 2 atom stereocenters. The molecule has 1 aromatic rings. The number of nitrogens with zero attached hydrogens (tertiary/aromatic N) is 2. The number of hydrogen-bond acceptors (Lipinski definition) is 4. The minimum atomic E-state index is -0.134. The monoisotopic (exact) mass is 253 g/mol. The number of amides is 1. The molecule has 2 rings (SSSR count). The predicted octanol–water partition coefficient (Wildman–Crippen LogP) is 1.80. The van der Waals surface area contributed by atoms with Gasteiger partial charge in [0, 0.05) is 24.5 Å². The second-order valence-electron chi connectivity index (χ2n) is 4.56. The molecule has 0 bridgehead atoms. The van der Waals surface area contributed by atoms with Crippen LogP contribution >= 0.6 is 11.3 Å². The van der Waals surface area contributed by atoms with Crippen molar-refractivity contribution in [2.24, 2.45) is 0 Å². The molecule has 0 saturated carbocycles. The Morgan fingerprint density at radius 2 is 2.18 bits per heavy atom. The van der Waals surface area contributed by atoms with Crippen molar-refractivity contribution >= 4 is 17.2 Å². The van der Waals surface area contributed by atoms with Crippen molar-refractivity contribution in [2.45, 2.75) is 38.8 Å². The van der Waals surface area contributed by atoms with Crippen molar-refractivity contribution < 1.29 is 4.79 Å². The molecule has 2 unspecified atom stereocenters. The molecule has 94 valence electrons. The zero-order valence-corrected chi connectivity index (χ0v) is 11.2. The summed E-state index contributed by atoms with van der Waals surface area (Å²) in [6.07, 6.45) is 2.28. The van der Waals surface area contributed by atoms with E-state index < -0.39 is 0 Å². The van der Waals surface area contributed by atoms with E-state index in [0.717, 1.165) is 31.6 Å². The lowest BCUT2D eigenvalue weighted by molar-refractivity contribution is -0.132. The maximum absolute atomic E-state index is 12.1. The molecule has 0 aromatic carbocycles. The van der Waals surface area contributed by atoms with Crippen LogP contribution in [-0.2, 0) is 4.79 Å². The molecule has 1 aliphatic heterocycles. The van der Waals surface area contributed by atoms with Gasteiger partial charge in [-0.25, -0.2) is 4.98 Å². The van der Waals surface area contributed by atoms with E-state index in [1.807, 2.05) is 29.6 Å². The first kappa shape index (κ1) is 12.5. The van der Waals surface area contributed by atoms with Crippen molar-refractivity contribution in [1.29, 1.82) is 0 Å². The Labute approximate surface area is 106 Å². The van der Waals surface area contributed by atoms with Crippen molar-refractivity contribution in [2.75, 3.05) is 13.1 Å². The maximum Gasteiger partial charge on any atom is 0.239 e. The summed E-state index contributed by atoms with van der Waals surface area (Å²) in [5.74, 6) is 0.213. The predicted molar refractivity (Wildman–Crippen MR) is 68.9 cm³/mol. The highest BCUT2D eigenvalue weighted by Crippen LogP contribution is 2.14. The molecule has 1 aliphatic rings. The molecule has 0 radical (unpaired) electrons. The van der Waals surface area contributed by atoms with Crippen LogP contribution in [0.5, 0.6) is 0 Å². The molecule has 1 N–H and O–H groups in total. The molecular formula is C12H19N3OS. The van der Waals surface area contributed by atoms with E-state index in [2.05, 4.69) is 10.3 Å². The van der Waals surface area contributed by atoms with Crippen molar-refractivity contribution in [3.63, 3.8) is 0 Å². The van der Waals surface area contributed by atoms with Crippen LogP contribution in [0.1, 0.15) is 38.4 Å². The summed E-state index contributed by atoms with van der Waals surface area (Å²) in [6.45, 7) is 5.80. The van der Waals surface area contributed by atoms with Crippen LogP contribution in [-0.4, -0.2) is 34.9 Å². The lowest BCUT2D eigenvalue weighted by Crippen LogP contribution is -2.44. The average Bonchev–Trinajstić information content (AvgIpc) is 3.00. The highest BCUT2D eigenvalue weighted by atomic mass is 32.1. The van der Waals surface area contributed by atoms with Gasteiger partial charge in [-0.3, -0.25) is 10.1 Å². The fourth-order valence-electron chi connectivity index (χ4n) is 2.18. The molecule has 1 amide bonds. The highest BCUT2D eigenvalue weighted by molar-refractivity contribution is 7.07. The van der Waals surface area contributed by atoms with Gasteiger partial charge in [-0.2, -0.15) is 0 Å². The Kier molecular flexibility index (Phi) is 4.12. The Morgan fingerprint density at radius 1 is 1.47 bits per heavy atom. The second kappa shape index (κ2) is 5.60. The lowest BCUT2D eigenvalue weighted by Gasteiger charge is -2.23. The quantitative estimate of drug-likeness (QED) is 0.890. The summed E-state index contributed by atoms with van der Waals surface area (Å²) < 4.78 is 0. The first-order valence-corrected chi connectivity index (χ1v) is 7.05. The van der Waals surface area contributed by atoms with Crippen molar-refractivity contribution in [3.8, 4) is 0 Å². The Hall–Kier alpha value is -0.940. The molecular weight excluding hydrogens is 234 g/mol. The summed E-state index contributed by atoms with van der Waals surface area (Å²) in [4.78, 5) is 18.3. The summed E-state index contributed by atoms with van der Waals surface area (Å²) >= 11 is 1.58. The molecule has 1 fully saturated rings. The summed E-state index contributed by atoms with van der Waals surface area (Å²) in [6, 6.07) is -0.00685. The maximum atomic E-state index is 12.1. The SMILES string of the molecule is CC(NC(C)c1cscn1)C(=O)N1CCCC1. The zero-order chi connectivity index (χ0) is 12.3.